The van der Waals surface area contributed by atoms with Crippen LogP contribution in [-0.4, -0.2) is 16.4 Å². The standard InChI is InChI=1S/K.3H2O.O/h;3*1H2;/q+1;;;;+2/p-3. The van der Waals surface area contributed by atoms with Gasteiger partial charge in [-0.05, 0) is 0 Å². The second kappa shape index (κ2) is 50.3. The summed E-state index contributed by atoms with van der Waals surface area (Å²) in [6, 6.07) is 0. The molecular formula is H3KO4. The van der Waals surface area contributed by atoms with Gasteiger partial charge in [-0.25, -0.2) is 0 Å². The summed E-state index contributed by atoms with van der Waals surface area (Å²) >= 11 is 0. The van der Waals surface area contributed by atoms with E-state index in [0.29, 0.717) is 0 Å². The van der Waals surface area contributed by atoms with Crippen LogP contribution in [0.15, 0.2) is 0 Å². The van der Waals surface area contributed by atoms with Gasteiger partial charge in [-0.15, -0.1) is 0 Å². The minimum absolute atomic E-state index is 0. The summed E-state index contributed by atoms with van der Waals surface area (Å²) in [7, 11) is 0. The van der Waals surface area contributed by atoms with E-state index < -0.39 is 0 Å². The van der Waals surface area contributed by atoms with Crippen LogP contribution in [0.3, 0.4) is 0 Å². The first-order valence-corrected chi connectivity index (χ1v) is 0. The molecule has 0 aromatic rings. The topological polar surface area (TPSA) is 118 Å². The molecule has 0 amide bonds. The Kier molecular flexibility index (Phi) is 897. The summed E-state index contributed by atoms with van der Waals surface area (Å²) in [4.78, 5) is 0. The van der Waals surface area contributed by atoms with Crippen LogP contribution >= 0.6 is 0 Å². The molecule has 0 unspecified atom stereocenters. The van der Waals surface area contributed by atoms with Crippen LogP contribution < -0.4 is 51.4 Å². The van der Waals surface area contributed by atoms with Gasteiger partial charge in [0.15, 0.2) is 0 Å². The number of rotatable bonds is 0. The van der Waals surface area contributed by atoms with Crippen molar-refractivity contribution in [2.75, 3.05) is 0 Å². The molecule has 0 bridgehead atoms. The Hall–Kier alpha value is 1.48. The van der Waals surface area contributed by atoms with Gasteiger partial charge < -0.3 is 16.4 Å². The van der Waals surface area contributed by atoms with Crippen molar-refractivity contribution in [3.63, 3.8) is 0 Å². The van der Waals surface area contributed by atoms with Crippen molar-refractivity contribution in [3.05, 3.63) is 0 Å². The molecule has 4 nitrogen and oxygen atoms in total. The molecule has 0 saturated heterocycles. The van der Waals surface area contributed by atoms with Gasteiger partial charge in [-0.1, -0.05) is 0 Å². The average molecular weight is 106 g/mol. The minimum atomic E-state index is 0. The van der Waals surface area contributed by atoms with E-state index in [9.17, 15) is 0 Å². The molecule has 28 valence electrons. The second-order valence-electron chi connectivity index (χ2n) is 0. The molecule has 0 rings (SSSR count). The molecule has 0 aromatic heterocycles. The van der Waals surface area contributed by atoms with E-state index in [1.54, 1.807) is 0 Å². The summed E-state index contributed by atoms with van der Waals surface area (Å²) < 4.78 is 0. The van der Waals surface area contributed by atoms with Crippen molar-refractivity contribution in [2.45, 2.75) is 0 Å². The SMILES string of the molecule is [K+].[O+2].[OH-].[OH-].[OH-]. The van der Waals surface area contributed by atoms with Crippen LogP contribution in [0.2, 0.25) is 0 Å². The molecular weight excluding hydrogens is 103 g/mol. The van der Waals surface area contributed by atoms with Crippen molar-refractivity contribution < 1.29 is 73.3 Å². The Bertz CT molecular complexity index is 3.61. The van der Waals surface area contributed by atoms with Crippen LogP contribution in [-0.2, 0) is 5.48 Å². The maximum absolute atomic E-state index is 0. The smallest absolute Gasteiger partial charge is 0.870 e. The van der Waals surface area contributed by atoms with Gasteiger partial charge in [-0.3, -0.25) is 0 Å². The Morgan fingerprint density at radius 3 is 0.600 bits per heavy atom. The molecule has 0 aromatic carbocycles. The molecule has 0 atom stereocenters. The van der Waals surface area contributed by atoms with Crippen molar-refractivity contribution in [1.29, 1.82) is 0 Å². The monoisotopic (exact) mass is 106 g/mol. The molecule has 0 aliphatic carbocycles. The fourth-order valence-corrected chi connectivity index (χ4v) is 0. The molecule has 0 saturated carbocycles. The molecule has 5 heavy (non-hydrogen) atoms. The molecule has 0 spiro atoms. The fraction of sp³-hybridized carbons (Fsp3) is 0. The van der Waals surface area contributed by atoms with Crippen molar-refractivity contribution >= 4 is 0 Å². The van der Waals surface area contributed by atoms with Crippen molar-refractivity contribution in [2.24, 2.45) is 0 Å². The first-order chi connectivity index (χ1) is 0. The van der Waals surface area contributed by atoms with Gasteiger partial charge in [0.05, 0.1) is 0 Å². The molecule has 3 N–H and O–H groups in total. The third kappa shape index (κ3) is 30.4. The van der Waals surface area contributed by atoms with Gasteiger partial charge in [0.2, 0.25) is 0 Å². The van der Waals surface area contributed by atoms with Gasteiger partial charge >= 0.3 is 56.9 Å². The van der Waals surface area contributed by atoms with E-state index in [0.717, 1.165) is 0 Å². The first-order valence-electron chi connectivity index (χ1n) is 0. The maximum atomic E-state index is 0. The first kappa shape index (κ1) is 89.1. The van der Waals surface area contributed by atoms with E-state index in [2.05, 4.69) is 0 Å². The number of hydrogen-bond acceptors (Lipinski definition) is 3. The second-order valence-corrected chi connectivity index (χ2v) is 0. The van der Waals surface area contributed by atoms with E-state index in [1.165, 1.54) is 0 Å². The van der Waals surface area contributed by atoms with Crippen LogP contribution in [0.1, 0.15) is 0 Å². The molecule has 0 fully saturated rings. The summed E-state index contributed by atoms with van der Waals surface area (Å²) in [5.41, 5.74) is 0. The summed E-state index contributed by atoms with van der Waals surface area (Å²) in [5, 5.41) is 0. The Balaban J connectivity index is 0. The van der Waals surface area contributed by atoms with Gasteiger partial charge in [-0.2, -0.15) is 0 Å². The predicted molar refractivity (Wildman–Crippen MR) is 6.49 cm³/mol. The van der Waals surface area contributed by atoms with E-state index in [-0.39, 0.29) is 73.3 Å². The molecule has 5 heteroatoms. The molecule has 0 aliphatic rings. The zero-order chi connectivity index (χ0) is 0. The summed E-state index contributed by atoms with van der Waals surface area (Å²) in [6.45, 7) is 0. The third-order valence-electron chi connectivity index (χ3n) is 0. The summed E-state index contributed by atoms with van der Waals surface area (Å²) in [6.07, 6.45) is 0. The zero-order valence-electron chi connectivity index (χ0n) is 2.75. The molecule has 0 aliphatic heterocycles. The van der Waals surface area contributed by atoms with E-state index in [1.807, 2.05) is 0 Å². The fourth-order valence-electron chi connectivity index (χ4n) is 0. The largest absolute Gasteiger partial charge is 2.00 e. The normalized spacial score (nSPS) is 0. The average Bonchev–Trinajstić information content (AvgIpc) is 0. The van der Waals surface area contributed by atoms with Crippen LogP contribution in [0.4, 0.5) is 0 Å². The van der Waals surface area contributed by atoms with Gasteiger partial charge in [0.25, 0.3) is 0 Å². The predicted octanol–water partition coefficient (Wildman–Crippen LogP) is -3.65. The zero-order valence-corrected chi connectivity index (χ0v) is 5.87. The van der Waals surface area contributed by atoms with Crippen LogP contribution in [0.5, 0.6) is 0 Å². The Morgan fingerprint density at radius 1 is 0.600 bits per heavy atom. The molecule has 4 radical (unpaired) electrons. The van der Waals surface area contributed by atoms with E-state index in [4.69, 9.17) is 0 Å². The minimum Gasteiger partial charge on any atom is -0.870 e. The Morgan fingerprint density at radius 2 is 0.600 bits per heavy atom. The maximum Gasteiger partial charge on any atom is 2.00 e. The Labute approximate surface area is 72.2 Å². The van der Waals surface area contributed by atoms with Crippen molar-refractivity contribution in [3.8, 4) is 0 Å². The van der Waals surface area contributed by atoms with Gasteiger partial charge in [0, 0.05) is 0 Å². The van der Waals surface area contributed by atoms with Crippen molar-refractivity contribution in [1.82, 2.24) is 0 Å². The van der Waals surface area contributed by atoms with Gasteiger partial charge in [0.1, 0.15) is 0 Å². The third-order valence-corrected chi connectivity index (χ3v) is 0. The number of hydrogen-bond donors (Lipinski definition) is 0. The van der Waals surface area contributed by atoms with Crippen LogP contribution in [0.25, 0.3) is 0 Å². The quantitative estimate of drug-likeness (QED) is 0.296. The van der Waals surface area contributed by atoms with Crippen LogP contribution in [0, 0.1) is 0 Å². The van der Waals surface area contributed by atoms with E-state index >= 15 is 0 Å². The summed E-state index contributed by atoms with van der Waals surface area (Å²) in [5.74, 6) is 0. The molecule has 0 heterocycles.